The zero-order chi connectivity index (χ0) is 15.9. The molecule has 0 unspecified atom stereocenters. The van der Waals surface area contributed by atoms with Crippen LogP contribution in [0.5, 0.6) is 0 Å². The van der Waals surface area contributed by atoms with E-state index in [0.717, 1.165) is 6.92 Å². The van der Waals surface area contributed by atoms with Gasteiger partial charge in [-0.2, -0.15) is 0 Å². The van der Waals surface area contributed by atoms with E-state index in [4.69, 9.17) is 13.3 Å². The van der Waals surface area contributed by atoms with Gasteiger partial charge in [0.25, 0.3) is 0 Å². The maximum absolute atomic E-state index is 10.0. The number of aliphatic hydroxyl groups excluding tert-OH is 1. The van der Waals surface area contributed by atoms with Gasteiger partial charge in [0.15, 0.2) is 0 Å². The first-order chi connectivity index (χ1) is 8.23. The zero-order valence-corrected chi connectivity index (χ0v) is 13.1. The first-order valence-electron chi connectivity index (χ1n) is 5.17. The summed E-state index contributed by atoms with van der Waals surface area (Å²) in [5.74, 6) is -2.16. The molecular formula is C9H20AsNO8. The third-order valence-corrected chi connectivity index (χ3v) is 2.45. The van der Waals surface area contributed by atoms with Crippen molar-refractivity contribution in [3.05, 3.63) is 0 Å². The predicted molar refractivity (Wildman–Crippen MR) is 61.2 cm³/mol. The average molecular weight is 345 g/mol. The Morgan fingerprint density at radius 2 is 1.74 bits per heavy atom. The second-order valence-corrected chi connectivity index (χ2v) is 7.22. The van der Waals surface area contributed by atoms with Crippen molar-refractivity contribution < 1.29 is 39.9 Å². The quantitative estimate of drug-likeness (QED) is 0.345. The smallest absolute Gasteiger partial charge is 0.108 e. The van der Waals surface area contributed by atoms with Crippen molar-refractivity contribution in [2.75, 3.05) is 27.7 Å². The molecule has 0 saturated heterocycles. The molecule has 0 aliphatic heterocycles. The molecule has 0 fully saturated rings. The Labute approximate surface area is 114 Å². The average Bonchev–Trinajstić information content (AvgIpc) is 1.91. The summed E-state index contributed by atoms with van der Waals surface area (Å²) >= 11 is -5.11. The molecule has 0 aromatic rings. The van der Waals surface area contributed by atoms with Crippen LogP contribution in [0.15, 0.2) is 0 Å². The van der Waals surface area contributed by atoms with Crippen molar-refractivity contribution in [1.82, 2.24) is 0 Å². The van der Waals surface area contributed by atoms with Crippen molar-refractivity contribution in [3.8, 4) is 0 Å². The Morgan fingerprint density at radius 3 is 1.89 bits per heavy atom. The van der Waals surface area contributed by atoms with E-state index in [1.165, 1.54) is 0 Å². The Balaban J connectivity index is 0. The fourth-order valence-corrected chi connectivity index (χ4v) is 1.76. The number of rotatable bonds is 5. The van der Waals surface area contributed by atoms with Gasteiger partial charge in [-0.3, -0.25) is 0 Å². The number of hydrogen-bond acceptors (Lipinski definition) is 6. The molecule has 0 aliphatic carbocycles. The Morgan fingerprint density at radius 1 is 1.32 bits per heavy atom. The Hall–Kier alpha value is -0.862. The predicted octanol–water partition coefficient (Wildman–Crippen LogP) is -3.41. The summed E-state index contributed by atoms with van der Waals surface area (Å²) in [5, 5.41) is 19.1. The van der Waals surface area contributed by atoms with E-state index < -0.39 is 32.6 Å². The van der Waals surface area contributed by atoms with Crippen molar-refractivity contribution in [2.45, 2.75) is 19.4 Å². The van der Waals surface area contributed by atoms with Crippen molar-refractivity contribution in [2.24, 2.45) is 0 Å². The van der Waals surface area contributed by atoms with Crippen LogP contribution in [0.1, 0.15) is 13.3 Å². The number of nitrogens with zero attached hydrogens (tertiary/aromatic N) is 1. The van der Waals surface area contributed by atoms with E-state index >= 15 is 0 Å². The van der Waals surface area contributed by atoms with E-state index in [0.29, 0.717) is 11.0 Å². The fourth-order valence-electron chi connectivity index (χ4n) is 1.06. The summed E-state index contributed by atoms with van der Waals surface area (Å²) < 4.78 is 29.7. The third kappa shape index (κ3) is 22.8. The van der Waals surface area contributed by atoms with Gasteiger partial charge in [0.05, 0.1) is 21.1 Å². The largest absolute Gasteiger partial charge is 0.550 e. The van der Waals surface area contributed by atoms with Crippen LogP contribution < -0.4 is 5.11 Å². The molecule has 114 valence electrons. The number of likely N-dealkylation sites (N-methyl/N-ethyl adjacent to an activating group) is 1. The number of carbonyl (C=O) groups excluding carboxylic acids is 2. The van der Waals surface area contributed by atoms with Gasteiger partial charge >= 0.3 is 47.9 Å². The van der Waals surface area contributed by atoms with Gasteiger partial charge in [-0.1, -0.05) is 0 Å². The van der Waals surface area contributed by atoms with Gasteiger partial charge in [0.2, 0.25) is 0 Å². The van der Waals surface area contributed by atoms with Crippen LogP contribution in [0, 0.1) is 0 Å². The van der Waals surface area contributed by atoms with Crippen molar-refractivity contribution in [3.63, 3.8) is 0 Å². The van der Waals surface area contributed by atoms with Crippen LogP contribution in [-0.4, -0.2) is 78.0 Å². The van der Waals surface area contributed by atoms with Gasteiger partial charge < -0.3 is 19.5 Å². The van der Waals surface area contributed by atoms with E-state index in [1.807, 2.05) is 21.1 Å². The molecule has 0 radical (unpaired) electrons. The molecule has 10 heteroatoms. The van der Waals surface area contributed by atoms with Crippen LogP contribution in [0.25, 0.3) is 0 Å². The van der Waals surface area contributed by atoms with Crippen LogP contribution in [0.3, 0.4) is 0 Å². The summed E-state index contributed by atoms with van der Waals surface area (Å²) in [6.07, 6.45) is -1.09. The van der Waals surface area contributed by atoms with Gasteiger partial charge in [0.1, 0.15) is 12.6 Å². The molecule has 0 aliphatic rings. The zero-order valence-electron chi connectivity index (χ0n) is 11.3. The molecule has 19 heavy (non-hydrogen) atoms. The normalized spacial score (nSPS) is 13.0. The number of aliphatic carboxylic acids is 1. The van der Waals surface area contributed by atoms with E-state index in [9.17, 15) is 18.4 Å². The molecular weight excluding hydrogens is 325 g/mol. The van der Waals surface area contributed by atoms with Gasteiger partial charge in [0, 0.05) is 12.4 Å². The first kappa shape index (κ1) is 20.5. The van der Waals surface area contributed by atoms with Gasteiger partial charge in [-0.15, -0.1) is 0 Å². The van der Waals surface area contributed by atoms with Crippen molar-refractivity contribution in [1.29, 1.82) is 0 Å². The standard InChI is InChI=1S/C7H15NO3.C2H5AsO5/c1-8(2,3)5-6(9)4-7(10)11;1-2(4)8-3(5,6)7/h6,9H,4-5H2,1-3H3;1H3,(H2,5,6,7)/t6-;/m1./s1. The third-order valence-electron chi connectivity index (χ3n) is 1.41. The summed E-state index contributed by atoms with van der Waals surface area (Å²) in [5.41, 5.74) is 0. The minimum absolute atomic E-state index is 0.282. The molecule has 9 nitrogen and oxygen atoms in total. The number of carboxylic acid groups (broad SMARTS) is 1. The first-order valence-corrected chi connectivity index (χ1v) is 8.38. The number of quaternary nitrogens is 1. The summed E-state index contributed by atoms with van der Waals surface area (Å²) in [7, 11) is 5.66. The van der Waals surface area contributed by atoms with E-state index in [2.05, 4.69) is 3.73 Å². The molecule has 0 bridgehead atoms. The summed E-state index contributed by atoms with van der Waals surface area (Å²) in [4.78, 5) is 19.8. The maximum Gasteiger partial charge on any atom is 0.108 e. The van der Waals surface area contributed by atoms with Crippen LogP contribution in [0.2, 0.25) is 0 Å². The van der Waals surface area contributed by atoms with E-state index in [1.54, 1.807) is 0 Å². The van der Waals surface area contributed by atoms with Crippen LogP contribution in [-0.2, 0) is 17.1 Å². The van der Waals surface area contributed by atoms with Crippen molar-refractivity contribution >= 4 is 26.5 Å². The summed E-state index contributed by atoms with van der Waals surface area (Å²) in [6.45, 7) is 1.36. The minimum atomic E-state index is -5.11. The Kier molecular flexibility index (Phi) is 8.98. The fraction of sp³-hybridized carbons (Fsp3) is 0.778. The number of carboxylic acids is 1. The maximum atomic E-state index is 10.0. The second kappa shape index (κ2) is 8.34. The molecule has 0 aromatic heterocycles. The minimum Gasteiger partial charge on any atom is -0.550 e. The monoisotopic (exact) mass is 345 g/mol. The second-order valence-electron chi connectivity index (χ2n) is 4.78. The number of carbonyl (C=O) groups is 2. The van der Waals surface area contributed by atoms with Gasteiger partial charge in [-0.25, -0.2) is 0 Å². The van der Waals surface area contributed by atoms with Crippen LogP contribution in [0.4, 0.5) is 0 Å². The Bertz CT molecular complexity index is 345. The molecule has 0 aromatic carbocycles. The molecule has 0 rings (SSSR count). The molecule has 0 heterocycles. The molecule has 0 amide bonds. The molecule has 1 atom stereocenters. The number of aliphatic hydroxyl groups is 1. The SMILES string of the molecule is CC(=O)O[As](=O)(O)O.C[N+](C)(C)C[C@H](O)CC(=O)[O-]. The number of hydrogen-bond donors (Lipinski definition) is 3. The molecule has 0 spiro atoms. The topological polar surface area (TPSA) is 144 Å². The van der Waals surface area contributed by atoms with E-state index in [-0.39, 0.29) is 6.42 Å². The molecule has 3 N–H and O–H groups in total. The molecule has 0 saturated carbocycles. The van der Waals surface area contributed by atoms with Gasteiger partial charge in [-0.05, 0) is 0 Å². The van der Waals surface area contributed by atoms with Crippen LogP contribution >= 0.6 is 0 Å². The summed E-state index contributed by atoms with van der Waals surface area (Å²) in [6, 6.07) is 0.